The van der Waals surface area contributed by atoms with Crippen LogP contribution in [0.3, 0.4) is 0 Å². The minimum Gasteiger partial charge on any atom is -0.339 e. The third kappa shape index (κ3) is 4.04. The number of nitro groups is 1. The van der Waals surface area contributed by atoms with Crippen LogP contribution in [0.15, 0.2) is 24.3 Å². The molecule has 0 radical (unpaired) electrons. The third-order valence-corrected chi connectivity index (χ3v) is 4.79. The molecule has 1 amide bonds. The highest BCUT2D eigenvalue weighted by molar-refractivity contribution is 5.76. The SMILES string of the molecule is Cc1nn(C)c(C)c1CCC(=O)N(C)[C@H](C)c1cccc([N+](=O)[O-])c1. The largest absolute Gasteiger partial charge is 0.339 e. The number of hydrogen-bond donors (Lipinski definition) is 0. The lowest BCUT2D eigenvalue weighted by Crippen LogP contribution is -2.29. The van der Waals surface area contributed by atoms with Gasteiger partial charge < -0.3 is 4.90 Å². The minimum absolute atomic E-state index is 0.00154. The number of aromatic nitrogens is 2. The number of carbonyl (C=O) groups excluding carboxylic acids is 1. The average molecular weight is 344 g/mol. The number of carbonyl (C=O) groups is 1. The van der Waals surface area contributed by atoms with E-state index < -0.39 is 4.92 Å². The van der Waals surface area contributed by atoms with Gasteiger partial charge in [0.2, 0.25) is 5.91 Å². The highest BCUT2D eigenvalue weighted by Crippen LogP contribution is 2.24. The molecule has 0 unspecified atom stereocenters. The van der Waals surface area contributed by atoms with Gasteiger partial charge in [0, 0.05) is 38.3 Å². The number of hydrogen-bond acceptors (Lipinski definition) is 4. The Morgan fingerprint density at radius 1 is 1.40 bits per heavy atom. The first-order valence-corrected chi connectivity index (χ1v) is 8.21. The van der Waals surface area contributed by atoms with Crippen molar-refractivity contribution in [3.8, 4) is 0 Å². The van der Waals surface area contributed by atoms with Crippen LogP contribution in [0.2, 0.25) is 0 Å². The Labute approximate surface area is 147 Å². The summed E-state index contributed by atoms with van der Waals surface area (Å²) in [5.74, 6) is 0.00154. The summed E-state index contributed by atoms with van der Waals surface area (Å²) in [6.07, 6.45) is 1.01. The van der Waals surface area contributed by atoms with Gasteiger partial charge in [-0.1, -0.05) is 12.1 Å². The second-order valence-corrected chi connectivity index (χ2v) is 6.31. The summed E-state index contributed by atoms with van der Waals surface area (Å²) in [4.78, 5) is 24.7. The Balaban J connectivity index is 2.06. The molecular weight excluding hydrogens is 320 g/mol. The molecule has 1 aromatic heterocycles. The zero-order valence-electron chi connectivity index (χ0n) is 15.3. The number of nitrogens with zero attached hydrogens (tertiary/aromatic N) is 4. The van der Waals surface area contributed by atoms with Gasteiger partial charge in [-0.15, -0.1) is 0 Å². The van der Waals surface area contributed by atoms with Gasteiger partial charge in [-0.2, -0.15) is 5.10 Å². The van der Waals surface area contributed by atoms with Crippen LogP contribution in [0, 0.1) is 24.0 Å². The second kappa shape index (κ2) is 7.46. The Bertz CT molecular complexity index is 798. The smallest absolute Gasteiger partial charge is 0.269 e. The fourth-order valence-corrected chi connectivity index (χ4v) is 2.93. The number of benzene rings is 1. The monoisotopic (exact) mass is 344 g/mol. The molecule has 2 aromatic rings. The molecule has 7 heteroatoms. The Hall–Kier alpha value is -2.70. The van der Waals surface area contributed by atoms with Crippen LogP contribution in [-0.2, 0) is 18.3 Å². The van der Waals surface area contributed by atoms with E-state index in [0.717, 1.165) is 22.5 Å². The van der Waals surface area contributed by atoms with Crippen molar-refractivity contribution >= 4 is 11.6 Å². The van der Waals surface area contributed by atoms with Crippen LogP contribution in [0.1, 0.15) is 41.9 Å². The maximum atomic E-state index is 12.5. The molecule has 1 heterocycles. The topological polar surface area (TPSA) is 81.3 Å². The number of amides is 1. The predicted molar refractivity (Wildman–Crippen MR) is 95.3 cm³/mol. The van der Waals surface area contributed by atoms with Crippen LogP contribution < -0.4 is 0 Å². The van der Waals surface area contributed by atoms with Crippen molar-refractivity contribution < 1.29 is 9.72 Å². The second-order valence-electron chi connectivity index (χ2n) is 6.31. The standard InChI is InChI=1S/C18H24N4O3/c1-12-17(14(3)21(5)19-12)9-10-18(23)20(4)13(2)15-7-6-8-16(11-15)22(24)25/h6-8,11,13H,9-10H2,1-5H3/t13-/m1/s1. The molecule has 0 spiro atoms. The highest BCUT2D eigenvalue weighted by atomic mass is 16.6. The Morgan fingerprint density at radius 3 is 2.64 bits per heavy atom. The maximum absolute atomic E-state index is 12.5. The lowest BCUT2D eigenvalue weighted by Gasteiger charge is -2.25. The van der Waals surface area contributed by atoms with E-state index in [2.05, 4.69) is 5.10 Å². The molecule has 1 aromatic carbocycles. The molecule has 25 heavy (non-hydrogen) atoms. The van der Waals surface area contributed by atoms with E-state index in [1.165, 1.54) is 12.1 Å². The minimum atomic E-state index is -0.425. The van der Waals surface area contributed by atoms with Gasteiger partial charge >= 0.3 is 0 Å². The molecule has 0 aliphatic heterocycles. The van der Waals surface area contributed by atoms with Crippen molar-refractivity contribution in [3.63, 3.8) is 0 Å². The van der Waals surface area contributed by atoms with Gasteiger partial charge in [0.25, 0.3) is 5.69 Å². The van der Waals surface area contributed by atoms with Gasteiger partial charge in [-0.05, 0) is 38.3 Å². The van der Waals surface area contributed by atoms with E-state index in [4.69, 9.17) is 0 Å². The van der Waals surface area contributed by atoms with Gasteiger partial charge in [0.05, 0.1) is 16.7 Å². The number of non-ortho nitro benzene ring substituents is 1. The van der Waals surface area contributed by atoms with Crippen LogP contribution >= 0.6 is 0 Å². The predicted octanol–water partition coefficient (Wildman–Crippen LogP) is 3.10. The van der Waals surface area contributed by atoms with E-state index in [9.17, 15) is 14.9 Å². The lowest BCUT2D eigenvalue weighted by molar-refractivity contribution is -0.384. The van der Waals surface area contributed by atoms with E-state index >= 15 is 0 Å². The average Bonchev–Trinajstić information content (AvgIpc) is 2.83. The molecule has 0 N–H and O–H groups in total. The van der Waals surface area contributed by atoms with Crippen LogP contribution in [0.4, 0.5) is 5.69 Å². The first kappa shape index (κ1) is 18.6. The molecule has 0 bridgehead atoms. The van der Waals surface area contributed by atoms with Gasteiger partial charge in [0.1, 0.15) is 0 Å². The van der Waals surface area contributed by atoms with E-state index in [0.29, 0.717) is 12.8 Å². The van der Waals surface area contributed by atoms with Crippen molar-refractivity contribution in [2.24, 2.45) is 7.05 Å². The number of nitro benzene ring substituents is 1. The molecule has 2 rings (SSSR count). The first-order chi connectivity index (χ1) is 11.7. The maximum Gasteiger partial charge on any atom is 0.269 e. The molecule has 0 saturated carbocycles. The Kier molecular flexibility index (Phi) is 5.56. The van der Waals surface area contributed by atoms with E-state index in [1.807, 2.05) is 32.5 Å². The van der Waals surface area contributed by atoms with Crippen LogP contribution in [0.25, 0.3) is 0 Å². The first-order valence-electron chi connectivity index (χ1n) is 8.21. The summed E-state index contributed by atoms with van der Waals surface area (Å²) in [6, 6.07) is 6.18. The molecule has 0 aliphatic rings. The molecule has 0 fully saturated rings. The summed E-state index contributed by atoms with van der Waals surface area (Å²) >= 11 is 0. The summed E-state index contributed by atoms with van der Waals surface area (Å²) < 4.78 is 1.82. The molecule has 0 aliphatic carbocycles. The quantitative estimate of drug-likeness (QED) is 0.595. The van der Waals surface area contributed by atoms with Gasteiger partial charge in [-0.3, -0.25) is 19.6 Å². The van der Waals surface area contributed by atoms with Crippen molar-refractivity contribution in [2.45, 2.75) is 39.7 Å². The zero-order chi connectivity index (χ0) is 18.7. The summed E-state index contributed by atoms with van der Waals surface area (Å²) in [6.45, 7) is 5.81. The van der Waals surface area contributed by atoms with Crippen molar-refractivity contribution in [3.05, 3.63) is 56.9 Å². The summed E-state index contributed by atoms with van der Waals surface area (Å²) in [7, 11) is 3.62. The summed E-state index contributed by atoms with van der Waals surface area (Å²) in [5, 5.41) is 15.3. The van der Waals surface area contributed by atoms with Crippen molar-refractivity contribution in [1.82, 2.24) is 14.7 Å². The van der Waals surface area contributed by atoms with Crippen molar-refractivity contribution in [1.29, 1.82) is 0 Å². The molecular formula is C18H24N4O3. The van der Waals surface area contributed by atoms with Crippen molar-refractivity contribution in [2.75, 3.05) is 7.05 Å². The van der Waals surface area contributed by atoms with Gasteiger partial charge in [0.15, 0.2) is 0 Å². The molecule has 134 valence electrons. The van der Waals surface area contributed by atoms with Crippen LogP contribution in [0.5, 0.6) is 0 Å². The van der Waals surface area contributed by atoms with E-state index in [1.54, 1.807) is 24.1 Å². The number of rotatable bonds is 6. The Morgan fingerprint density at radius 2 is 2.08 bits per heavy atom. The highest BCUT2D eigenvalue weighted by Gasteiger charge is 2.20. The molecule has 7 nitrogen and oxygen atoms in total. The fourth-order valence-electron chi connectivity index (χ4n) is 2.93. The third-order valence-electron chi connectivity index (χ3n) is 4.79. The lowest BCUT2D eigenvalue weighted by atomic mass is 10.0. The molecule has 0 saturated heterocycles. The fraction of sp³-hybridized carbons (Fsp3) is 0.444. The zero-order valence-corrected chi connectivity index (χ0v) is 15.3. The normalized spacial score (nSPS) is 12.0. The van der Waals surface area contributed by atoms with Gasteiger partial charge in [-0.25, -0.2) is 0 Å². The summed E-state index contributed by atoms with van der Waals surface area (Å²) in [5.41, 5.74) is 3.90. The molecule has 1 atom stereocenters. The van der Waals surface area contributed by atoms with E-state index in [-0.39, 0.29) is 17.6 Å². The van der Waals surface area contributed by atoms with Crippen LogP contribution in [-0.4, -0.2) is 32.6 Å². The number of aryl methyl sites for hydroxylation is 2.